The number of amides is 1. The Labute approximate surface area is 171 Å². The first-order valence-electron chi connectivity index (χ1n) is 8.83. The summed E-state index contributed by atoms with van der Waals surface area (Å²) in [4.78, 5) is 25.8. The smallest absolute Gasteiger partial charge is 0.255 e. The van der Waals surface area contributed by atoms with Crippen LogP contribution in [0.1, 0.15) is 26.3 Å². The van der Waals surface area contributed by atoms with Gasteiger partial charge in [-0.1, -0.05) is 23.7 Å². The van der Waals surface area contributed by atoms with Gasteiger partial charge < -0.3 is 14.8 Å². The highest BCUT2D eigenvalue weighted by molar-refractivity contribution is 6.35. The fourth-order valence-electron chi connectivity index (χ4n) is 2.97. The first-order chi connectivity index (χ1) is 14.0. The molecule has 0 aromatic heterocycles. The van der Waals surface area contributed by atoms with Gasteiger partial charge in [0.15, 0.2) is 17.3 Å². The van der Waals surface area contributed by atoms with E-state index in [4.69, 9.17) is 21.1 Å². The Bertz CT molecular complexity index is 1100. The van der Waals surface area contributed by atoms with E-state index in [9.17, 15) is 14.0 Å². The molecule has 0 aliphatic carbocycles. The molecule has 0 bridgehead atoms. The zero-order valence-corrected chi connectivity index (χ0v) is 15.8. The second-order valence-corrected chi connectivity index (χ2v) is 6.72. The molecule has 0 saturated heterocycles. The van der Waals surface area contributed by atoms with Gasteiger partial charge in [0.2, 0.25) is 0 Å². The summed E-state index contributed by atoms with van der Waals surface area (Å²) in [6.45, 7) is 0.712. The van der Waals surface area contributed by atoms with E-state index in [0.717, 1.165) is 0 Å². The maximum Gasteiger partial charge on any atom is 0.255 e. The summed E-state index contributed by atoms with van der Waals surface area (Å²) < 4.78 is 24.3. The third kappa shape index (κ3) is 3.93. The van der Waals surface area contributed by atoms with Gasteiger partial charge in [-0.15, -0.1) is 0 Å². The average molecular weight is 412 g/mol. The van der Waals surface area contributed by atoms with E-state index in [1.54, 1.807) is 30.3 Å². The van der Waals surface area contributed by atoms with Crippen LogP contribution in [0.3, 0.4) is 0 Å². The largest absolute Gasteiger partial charge is 0.486 e. The summed E-state index contributed by atoms with van der Waals surface area (Å²) in [5.74, 6) is -0.486. The fraction of sp³-hybridized carbons (Fsp3) is 0.0909. The van der Waals surface area contributed by atoms with Crippen molar-refractivity contribution in [1.29, 1.82) is 0 Å². The molecule has 4 rings (SSSR count). The predicted molar refractivity (Wildman–Crippen MR) is 107 cm³/mol. The van der Waals surface area contributed by atoms with Crippen molar-refractivity contribution in [3.05, 3.63) is 88.2 Å². The lowest BCUT2D eigenvalue weighted by atomic mass is 10.00. The monoisotopic (exact) mass is 411 g/mol. The molecule has 1 aliphatic heterocycles. The number of ketones is 1. The van der Waals surface area contributed by atoms with Crippen LogP contribution in [0.2, 0.25) is 5.02 Å². The lowest BCUT2D eigenvalue weighted by molar-refractivity contribution is 0.102. The number of carbonyl (C=O) groups is 2. The van der Waals surface area contributed by atoms with Crippen molar-refractivity contribution < 1.29 is 23.5 Å². The molecule has 1 heterocycles. The van der Waals surface area contributed by atoms with Crippen LogP contribution in [-0.4, -0.2) is 24.9 Å². The molecule has 0 saturated carbocycles. The van der Waals surface area contributed by atoms with E-state index < -0.39 is 11.7 Å². The number of anilines is 1. The summed E-state index contributed by atoms with van der Waals surface area (Å²) in [7, 11) is 0. The van der Waals surface area contributed by atoms with Gasteiger partial charge in [0.25, 0.3) is 5.91 Å². The van der Waals surface area contributed by atoms with Crippen molar-refractivity contribution in [3.63, 3.8) is 0 Å². The van der Waals surface area contributed by atoms with Crippen LogP contribution in [0.15, 0.2) is 60.7 Å². The Kier molecular flexibility index (Phi) is 5.18. The highest BCUT2D eigenvalue weighted by Gasteiger charge is 2.23. The van der Waals surface area contributed by atoms with E-state index in [-0.39, 0.29) is 22.6 Å². The van der Waals surface area contributed by atoms with Crippen LogP contribution >= 0.6 is 11.6 Å². The van der Waals surface area contributed by atoms with Crippen LogP contribution in [0.25, 0.3) is 0 Å². The number of halogens is 2. The van der Waals surface area contributed by atoms with Gasteiger partial charge in [0, 0.05) is 17.2 Å². The Morgan fingerprint density at radius 3 is 2.24 bits per heavy atom. The van der Waals surface area contributed by atoms with Crippen LogP contribution in [0.5, 0.6) is 11.5 Å². The minimum Gasteiger partial charge on any atom is -0.486 e. The molecule has 0 spiro atoms. The third-order valence-electron chi connectivity index (χ3n) is 4.40. The first kappa shape index (κ1) is 19.0. The molecule has 1 N–H and O–H groups in total. The van der Waals surface area contributed by atoms with Crippen LogP contribution in [0, 0.1) is 5.82 Å². The Hall–Kier alpha value is -3.38. The SMILES string of the molecule is O=C(Nc1cc2c(cc1C(=O)c1ccccc1Cl)OCCO2)c1ccc(F)cc1. The van der Waals surface area contributed by atoms with Crippen molar-refractivity contribution >= 4 is 29.0 Å². The Morgan fingerprint density at radius 1 is 0.897 bits per heavy atom. The van der Waals surface area contributed by atoms with E-state index in [1.807, 2.05) is 0 Å². The van der Waals surface area contributed by atoms with Gasteiger partial charge in [0.05, 0.1) is 16.3 Å². The topological polar surface area (TPSA) is 64.6 Å². The second-order valence-electron chi connectivity index (χ2n) is 6.31. The second kappa shape index (κ2) is 7.93. The minimum absolute atomic E-state index is 0.206. The molecule has 5 nitrogen and oxygen atoms in total. The zero-order chi connectivity index (χ0) is 20.4. The molecule has 0 radical (unpaired) electrons. The summed E-state index contributed by atoms with van der Waals surface area (Å²) in [5, 5.41) is 3.00. The maximum atomic E-state index is 13.2. The quantitative estimate of drug-likeness (QED) is 0.630. The molecule has 7 heteroatoms. The number of hydrogen-bond acceptors (Lipinski definition) is 4. The lowest BCUT2D eigenvalue weighted by Crippen LogP contribution is -2.19. The molecule has 0 unspecified atom stereocenters. The standard InChI is InChI=1S/C22H15ClFNO4/c23-17-4-2-1-3-15(17)21(26)16-11-19-20(29-10-9-28-19)12-18(16)25-22(27)13-5-7-14(24)8-6-13/h1-8,11-12H,9-10H2,(H,25,27). The molecular weight excluding hydrogens is 397 g/mol. The normalized spacial score (nSPS) is 12.3. The van der Waals surface area contributed by atoms with Gasteiger partial charge >= 0.3 is 0 Å². The summed E-state index contributed by atoms with van der Waals surface area (Å²) in [5.41, 5.74) is 0.992. The molecule has 3 aromatic rings. The molecule has 29 heavy (non-hydrogen) atoms. The molecular formula is C22H15ClFNO4. The summed E-state index contributed by atoms with van der Waals surface area (Å²) in [6.07, 6.45) is 0. The minimum atomic E-state index is -0.491. The number of benzene rings is 3. The maximum absolute atomic E-state index is 13.2. The average Bonchev–Trinajstić information content (AvgIpc) is 2.73. The van der Waals surface area contributed by atoms with E-state index in [2.05, 4.69) is 5.32 Å². The Balaban J connectivity index is 1.75. The van der Waals surface area contributed by atoms with Crippen molar-refractivity contribution in [2.24, 2.45) is 0 Å². The molecule has 146 valence electrons. The molecule has 3 aromatic carbocycles. The predicted octanol–water partition coefficient (Wildman–Crippen LogP) is 4.73. The fourth-order valence-corrected chi connectivity index (χ4v) is 3.19. The van der Waals surface area contributed by atoms with Crippen molar-refractivity contribution in [1.82, 2.24) is 0 Å². The number of carbonyl (C=O) groups excluding carboxylic acids is 2. The highest BCUT2D eigenvalue weighted by Crippen LogP contribution is 2.37. The summed E-state index contributed by atoms with van der Waals surface area (Å²) in [6, 6.07) is 14.8. The Morgan fingerprint density at radius 2 is 1.55 bits per heavy atom. The van der Waals surface area contributed by atoms with Crippen molar-refractivity contribution in [3.8, 4) is 11.5 Å². The van der Waals surface area contributed by atoms with Gasteiger partial charge in [-0.2, -0.15) is 0 Å². The zero-order valence-electron chi connectivity index (χ0n) is 15.1. The van der Waals surface area contributed by atoms with Gasteiger partial charge in [-0.25, -0.2) is 4.39 Å². The van der Waals surface area contributed by atoms with Gasteiger partial charge in [0.1, 0.15) is 19.0 Å². The van der Waals surface area contributed by atoms with E-state index in [1.165, 1.54) is 30.3 Å². The molecule has 0 fully saturated rings. The summed E-state index contributed by atoms with van der Waals surface area (Å²) >= 11 is 6.18. The number of nitrogens with one attached hydrogen (secondary N) is 1. The first-order valence-corrected chi connectivity index (χ1v) is 9.20. The lowest BCUT2D eigenvalue weighted by Gasteiger charge is -2.21. The molecule has 1 amide bonds. The number of ether oxygens (including phenoxy) is 2. The van der Waals surface area contributed by atoms with Crippen LogP contribution in [0.4, 0.5) is 10.1 Å². The number of rotatable bonds is 4. The van der Waals surface area contributed by atoms with E-state index in [0.29, 0.717) is 35.3 Å². The van der Waals surface area contributed by atoms with Gasteiger partial charge in [-0.05, 0) is 42.5 Å². The highest BCUT2D eigenvalue weighted by atomic mass is 35.5. The number of hydrogen-bond donors (Lipinski definition) is 1. The third-order valence-corrected chi connectivity index (χ3v) is 4.73. The molecule has 0 atom stereocenters. The van der Waals surface area contributed by atoms with Crippen LogP contribution in [-0.2, 0) is 0 Å². The van der Waals surface area contributed by atoms with E-state index >= 15 is 0 Å². The molecule has 1 aliphatic rings. The van der Waals surface area contributed by atoms with Gasteiger partial charge in [-0.3, -0.25) is 9.59 Å². The van der Waals surface area contributed by atoms with Crippen LogP contribution < -0.4 is 14.8 Å². The number of fused-ring (bicyclic) bond motifs is 1. The van der Waals surface area contributed by atoms with Crippen molar-refractivity contribution in [2.75, 3.05) is 18.5 Å². The van der Waals surface area contributed by atoms with Crippen molar-refractivity contribution in [2.45, 2.75) is 0 Å².